The molecule has 0 amide bonds. The summed E-state index contributed by atoms with van der Waals surface area (Å²) in [7, 11) is 0. The topological polar surface area (TPSA) is 71.7 Å². The Labute approximate surface area is 160 Å². The average molecular weight is 368 g/mol. The molecule has 0 aliphatic carbocycles. The molecule has 6 nitrogen and oxygen atoms in total. The van der Waals surface area contributed by atoms with Crippen LogP contribution in [0.15, 0.2) is 36.5 Å². The third kappa shape index (κ3) is 4.57. The second-order valence-electron chi connectivity index (χ2n) is 7.24. The number of benzene rings is 1. The van der Waals surface area contributed by atoms with Gasteiger partial charge in [0.2, 0.25) is 0 Å². The SMILES string of the molecule is Cc1ccnc(N2CCN(Cc3ccccc3N)CC2)c1C(=O)OC(C)C. The molecule has 1 aliphatic rings. The summed E-state index contributed by atoms with van der Waals surface area (Å²) in [5, 5.41) is 0. The van der Waals surface area contributed by atoms with Gasteiger partial charge in [0.1, 0.15) is 11.4 Å². The molecular formula is C21H28N4O2. The second kappa shape index (κ2) is 8.39. The number of piperazine rings is 1. The number of carbonyl (C=O) groups excluding carboxylic acids is 1. The van der Waals surface area contributed by atoms with Gasteiger partial charge in [0, 0.05) is 44.6 Å². The van der Waals surface area contributed by atoms with Gasteiger partial charge in [-0.25, -0.2) is 9.78 Å². The molecule has 1 saturated heterocycles. The van der Waals surface area contributed by atoms with Crippen molar-refractivity contribution >= 4 is 17.5 Å². The number of para-hydroxylation sites is 1. The highest BCUT2D eigenvalue weighted by molar-refractivity contribution is 5.96. The lowest BCUT2D eigenvalue weighted by Gasteiger charge is -2.36. The number of aryl methyl sites for hydroxylation is 1. The fraction of sp³-hybridized carbons (Fsp3) is 0.429. The second-order valence-corrected chi connectivity index (χ2v) is 7.24. The molecule has 144 valence electrons. The number of aromatic nitrogens is 1. The molecule has 1 aliphatic heterocycles. The molecule has 1 fully saturated rings. The average Bonchev–Trinajstić information content (AvgIpc) is 2.63. The fourth-order valence-electron chi connectivity index (χ4n) is 3.35. The van der Waals surface area contributed by atoms with E-state index in [1.807, 2.05) is 45.0 Å². The van der Waals surface area contributed by atoms with Crippen LogP contribution < -0.4 is 10.6 Å². The lowest BCUT2D eigenvalue weighted by molar-refractivity contribution is 0.0377. The van der Waals surface area contributed by atoms with E-state index in [2.05, 4.69) is 20.9 Å². The number of anilines is 2. The molecule has 0 radical (unpaired) electrons. The summed E-state index contributed by atoms with van der Waals surface area (Å²) in [4.78, 5) is 21.6. The lowest BCUT2D eigenvalue weighted by Crippen LogP contribution is -2.46. The van der Waals surface area contributed by atoms with Crippen molar-refractivity contribution in [3.63, 3.8) is 0 Å². The summed E-state index contributed by atoms with van der Waals surface area (Å²) >= 11 is 0. The summed E-state index contributed by atoms with van der Waals surface area (Å²) in [5.74, 6) is 0.421. The molecule has 3 rings (SSSR count). The summed E-state index contributed by atoms with van der Waals surface area (Å²) in [6, 6.07) is 9.84. The van der Waals surface area contributed by atoms with E-state index in [1.54, 1.807) is 6.20 Å². The van der Waals surface area contributed by atoms with E-state index in [0.29, 0.717) is 5.56 Å². The van der Waals surface area contributed by atoms with Gasteiger partial charge in [-0.05, 0) is 44.0 Å². The number of nitrogens with zero attached hydrogens (tertiary/aromatic N) is 3. The van der Waals surface area contributed by atoms with Crippen molar-refractivity contribution in [2.45, 2.75) is 33.4 Å². The highest BCUT2D eigenvalue weighted by Crippen LogP contribution is 2.24. The van der Waals surface area contributed by atoms with Crippen LogP contribution in [0.2, 0.25) is 0 Å². The van der Waals surface area contributed by atoms with Gasteiger partial charge in [0.15, 0.2) is 0 Å². The predicted molar refractivity (Wildman–Crippen MR) is 108 cm³/mol. The van der Waals surface area contributed by atoms with Crippen LogP contribution in [0.25, 0.3) is 0 Å². The molecule has 2 heterocycles. The molecule has 1 aromatic heterocycles. The molecule has 1 aromatic carbocycles. The number of carbonyl (C=O) groups is 1. The molecule has 0 atom stereocenters. The number of rotatable bonds is 5. The smallest absolute Gasteiger partial charge is 0.342 e. The van der Waals surface area contributed by atoms with E-state index in [9.17, 15) is 4.79 Å². The first-order valence-electron chi connectivity index (χ1n) is 9.43. The summed E-state index contributed by atoms with van der Waals surface area (Å²) < 4.78 is 5.43. The molecule has 27 heavy (non-hydrogen) atoms. The number of nitrogen functional groups attached to an aromatic ring is 1. The molecule has 0 saturated carbocycles. The van der Waals surface area contributed by atoms with Crippen LogP contribution in [0.1, 0.15) is 35.3 Å². The van der Waals surface area contributed by atoms with E-state index in [4.69, 9.17) is 10.5 Å². The van der Waals surface area contributed by atoms with Crippen LogP contribution in [0, 0.1) is 6.92 Å². The predicted octanol–water partition coefficient (Wildman–Crippen LogP) is 2.86. The minimum atomic E-state index is -0.301. The van der Waals surface area contributed by atoms with Crippen molar-refractivity contribution in [3.05, 3.63) is 53.2 Å². The summed E-state index contributed by atoms with van der Waals surface area (Å²) in [6.45, 7) is 9.89. The van der Waals surface area contributed by atoms with Crippen molar-refractivity contribution in [1.82, 2.24) is 9.88 Å². The Bertz CT molecular complexity index is 799. The molecule has 2 N–H and O–H groups in total. The van der Waals surface area contributed by atoms with E-state index in [1.165, 1.54) is 0 Å². The summed E-state index contributed by atoms with van der Waals surface area (Å²) in [5.41, 5.74) is 9.52. The van der Waals surface area contributed by atoms with E-state index in [-0.39, 0.29) is 12.1 Å². The zero-order valence-electron chi connectivity index (χ0n) is 16.3. The molecule has 0 spiro atoms. The Morgan fingerprint density at radius 3 is 2.56 bits per heavy atom. The van der Waals surface area contributed by atoms with E-state index in [0.717, 1.165) is 55.4 Å². The van der Waals surface area contributed by atoms with Crippen molar-refractivity contribution in [3.8, 4) is 0 Å². The van der Waals surface area contributed by atoms with Gasteiger partial charge in [-0.3, -0.25) is 4.90 Å². The summed E-state index contributed by atoms with van der Waals surface area (Å²) in [6.07, 6.45) is 1.60. The minimum Gasteiger partial charge on any atom is -0.459 e. The van der Waals surface area contributed by atoms with Gasteiger partial charge in [-0.15, -0.1) is 0 Å². The number of ether oxygens (including phenoxy) is 1. The van der Waals surface area contributed by atoms with E-state index >= 15 is 0 Å². The van der Waals surface area contributed by atoms with Gasteiger partial charge in [-0.2, -0.15) is 0 Å². The van der Waals surface area contributed by atoms with Crippen molar-refractivity contribution in [2.24, 2.45) is 0 Å². The van der Waals surface area contributed by atoms with Crippen molar-refractivity contribution in [2.75, 3.05) is 36.8 Å². The lowest BCUT2D eigenvalue weighted by atomic mass is 10.1. The van der Waals surface area contributed by atoms with Gasteiger partial charge in [-0.1, -0.05) is 18.2 Å². The Morgan fingerprint density at radius 2 is 1.89 bits per heavy atom. The van der Waals surface area contributed by atoms with E-state index < -0.39 is 0 Å². The first-order chi connectivity index (χ1) is 13.0. The van der Waals surface area contributed by atoms with Crippen LogP contribution in [-0.4, -0.2) is 48.1 Å². The van der Waals surface area contributed by atoms with Crippen LogP contribution >= 0.6 is 0 Å². The molecule has 0 unspecified atom stereocenters. The number of esters is 1. The van der Waals surface area contributed by atoms with Gasteiger partial charge >= 0.3 is 5.97 Å². The largest absolute Gasteiger partial charge is 0.459 e. The Hall–Kier alpha value is -2.60. The fourth-order valence-corrected chi connectivity index (χ4v) is 3.35. The van der Waals surface area contributed by atoms with Crippen molar-refractivity contribution in [1.29, 1.82) is 0 Å². The quantitative estimate of drug-likeness (QED) is 0.646. The molecule has 0 bridgehead atoms. The van der Waals surface area contributed by atoms with Gasteiger partial charge in [0.05, 0.1) is 6.10 Å². The zero-order valence-corrected chi connectivity index (χ0v) is 16.3. The number of nitrogens with two attached hydrogens (primary N) is 1. The normalized spacial score (nSPS) is 15.2. The number of hydrogen-bond donors (Lipinski definition) is 1. The number of pyridine rings is 1. The third-order valence-electron chi connectivity index (χ3n) is 4.81. The molecular weight excluding hydrogens is 340 g/mol. The maximum Gasteiger partial charge on any atom is 0.342 e. The minimum absolute atomic E-state index is 0.155. The van der Waals surface area contributed by atoms with Crippen LogP contribution in [0.3, 0.4) is 0 Å². The van der Waals surface area contributed by atoms with Crippen LogP contribution in [-0.2, 0) is 11.3 Å². The first kappa shape index (κ1) is 19.2. The molecule has 6 heteroatoms. The Balaban J connectivity index is 1.70. The van der Waals surface area contributed by atoms with Crippen LogP contribution in [0.4, 0.5) is 11.5 Å². The maximum atomic E-state index is 12.6. The van der Waals surface area contributed by atoms with Crippen LogP contribution in [0.5, 0.6) is 0 Å². The Kier molecular flexibility index (Phi) is 5.96. The van der Waals surface area contributed by atoms with Gasteiger partial charge < -0.3 is 15.4 Å². The number of hydrogen-bond acceptors (Lipinski definition) is 6. The maximum absolute atomic E-state index is 12.6. The van der Waals surface area contributed by atoms with Gasteiger partial charge in [0.25, 0.3) is 0 Å². The first-order valence-corrected chi connectivity index (χ1v) is 9.43. The molecule has 2 aromatic rings. The highest BCUT2D eigenvalue weighted by Gasteiger charge is 2.25. The highest BCUT2D eigenvalue weighted by atomic mass is 16.5. The third-order valence-corrected chi connectivity index (χ3v) is 4.81. The van der Waals surface area contributed by atoms with Crippen molar-refractivity contribution < 1.29 is 9.53 Å². The Morgan fingerprint density at radius 1 is 1.19 bits per heavy atom. The monoisotopic (exact) mass is 368 g/mol. The zero-order chi connectivity index (χ0) is 19.4. The standard InChI is InChI=1S/C21H28N4O2/c1-15(2)27-21(26)19-16(3)8-9-23-20(19)25-12-10-24(11-13-25)14-17-6-4-5-7-18(17)22/h4-9,15H,10-14,22H2,1-3H3.